The van der Waals surface area contributed by atoms with Gasteiger partial charge in [-0.25, -0.2) is 0 Å². The molecule has 2 aromatic carbocycles. The van der Waals surface area contributed by atoms with Crippen LogP contribution in [0.2, 0.25) is 0 Å². The van der Waals surface area contributed by atoms with Gasteiger partial charge in [-0.15, -0.1) is 12.4 Å². The summed E-state index contributed by atoms with van der Waals surface area (Å²) in [5.41, 5.74) is -1.92. The first kappa shape index (κ1) is 27.5. The summed E-state index contributed by atoms with van der Waals surface area (Å²) in [4.78, 5) is 28.1. The van der Waals surface area contributed by atoms with Crippen LogP contribution in [0.3, 0.4) is 0 Å². The molecule has 1 saturated heterocycles. The molecule has 34 heavy (non-hydrogen) atoms. The minimum absolute atomic E-state index is 0. The first-order valence-corrected chi connectivity index (χ1v) is 10.1. The quantitative estimate of drug-likeness (QED) is 0.610. The van der Waals surface area contributed by atoms with Gasteiger partial charge in [-0.1, -0.05) is 12.1 Å². The minimum Gasteiger partial charge on any atom is -0.351 e. The van der Waals surface area contributed by atoms with Crippen molar-refractivity contribution < 1.29 is 35.9 Å². The number of piperazine rings is 1. The van der Waals surface area contributed by atoms with Gasteiger partial charge in [-0.3, -0.25) is 14.5 Å². The molecule has 0 aromatic heterocycles. The highest BCUT2D eigenvalue weighted by Crippen LogP contribution is 2.30. The van der Waals surface area contributed by atoms with Crippen molar-refractivity contribution in [3.63, 3.8) is 0 Å². The number of carbonyl (C=O) groups is 2. The van der Waals surface area contributed by atoms with Crippen molar-refractivity contribution in [1.29, 1.82) is 0 Å². The van der Waals surface area contributed by atoms with Gasteiger partial charge in [0.25, 0.3) is 11.8 Å². The van der Waals surface area contributed by atoms with E-state index in [0.717, 1.165) is 24.3 Å². The van der Waals surface area contributed by atoms with Crippen molar-refractivity contribution in [2.24, 2.45) is 0 Å². The van der Waals surface area contributed by atoms with Crippen LogP contribution in [-0.2, 0) is 12.4 Å². The average Bonchev–Trinajstić information content (AvgIpc) is 2.78. The fourth-order valence-corrected chi connectivity index (χ4v) is 3.45. The van der Waals surface area contributed by atoms with E-state index in [-0.39, 0.29) is 30.1 Å². The molecule has 0 spiro atoms. The predicted molar refractivity (Wildman–Crippen MR) is 115 cm³/mol. The number of nitrogens with one attached hydrogen (secondary N) is 1. The lowest BCUT2D eigenvalue weighted by Gasteiger charge is -2.34. The SMILES string of the molecule is Cl.O=C(NCCN1CCN(C(=O)c2cccc(C(F)(F)F)c2)CC1)c1cccc(C(F)(F)F)c1. The Hall–Kier alpha value is -2.79. The third-order valence-electron chi connectivity index (χ3n) is 5.26. The lowest BCUT2D eigenvalue weighted by atomic mass is 10.1. The molecule has 2 aromatic rings. The zero-order chi connectivity index (χ0) is 24.2. The molecule has 0 bridgehead atoms. The Bertz CT molecular complexity index is 1000. The topological polar surface area (TPSA) is 52.7 Å². The second-order valence-corrected chi connectivity index (χ2v) is 7.55. The molecule has 12 heteroatoms. The van der Waals surface area contributed by atoms with Crippen molar-refractivity contribution in [2.75, 3.05) is 39.3 Å². The molecule has 186 valence electrons. The third-order valence-corrected chi connectivity index (χ3v) is 5.26. The summed E-state index contributed by atoms with van der Waals surface area (Å²) in [5, 5.41) is 2.57. The number of carbonyl (C=O) groups excluding carboxylic acids is 2. The Labute approximate surface area is 198 Å². The van der Waals surface area contributed by atoms with Gasteiger partial charge in [-0.2, -0.15) is 26.3 Å². The van der Waals surface area contributed by atoms with Crippen molar-refractivity contribution in [2.45, 2.75) is 12.4 Å². The number of rotatable bonds is 5. The zero-order valence-electron chi connectivity index (χ0n) is 17.7. The highest BCUT2D eigenvalue weighted by molar-refractivity contribution is 5.95. The van der Waals surface area contributed by atoms with Crippen LogP contribution in [0.25, 0.3) is 0 Å². The summed E-state index contributed by atoms with van der Waals surface area (Å²) in [7, 11) is 0. The number of hydrogen-bond donors (Lipinski definition) is 1. The molecule has 5 nitrogen and oxygen atoms in total. The number of nitrogens with zero attached hydrogens (tertiary/aromatic N) is 2. The van der Waals surface area contributed by atoms with Gasteiger partial charge >= 0.3 is 12.4 Å². The van der Waals surface area contributed by atoms with Gasteiger partial charge in [0.05, 0.1) is 11.1 Å². The highest BCUT2D eigenvalue weighted by atomic mass is 35.5. The summed E-state index contributed by atoms with van der Waals surface area (Å²) in [6.45, 7) is 2.11. The van der Waals surface area contributed by atoms with Crippen molar-refractivity contribution in [3.8, 4) is 0 Å². The first-order valence-electron chi connectivity index (χ1n) is 10.1. The van der Waals surface area contributed by atoms with E-state index < -0.39 is 35.3 Å². The molecule has 0 atom stereocenters. The monoisotopic (exact) mass is 509 g/mol. The maximum Gasteiger partial charge on any atom is 0.416 e. The minimum atomic E-state index is -4.54. The number of alkyl halides is 6. The lowest BCUT2D eigenvalue weighted by molar-refractivity contribution is -0.138. The Kier molecular flexibility index (Phi) is 8.96. The fourth-order valence-electron chi connectivity index (χ4n) is 3.45. The Morgan fingerprint density at radius 2 is 1.29 bits per heavy atom. The molecular formula is C22H22ClF6N3O2. The molecular weight excluding hydrogens is 488 g/mol. The van der Waals surface area contributed by atoms with Crippen molar-refractivity contribution in [1.82, 2.24) is 15.1 Å². The van der Waals surface area contributed by atoms with Crippen LogP contribution in [0.1, 0.15) is 31.8 Å². The van der Waals surface area contributed by atoms with E-state index in [1.165, 1.54) is 29.2 Å². The van der Waals surface area contributed by atoms with E-state index in [2.05, 4.69) is 5.32 Å². The van der Waals surface area contributed by atoms with Gasteiger partial charge < -0.3 is 10.2 Å². The van der Waals surface area contributed by atoms with E-state index in [9.17, 15) is 35.9 Å². The van der Waals surface area contributed by atoms with Crippen LogP contribution >= 0.6 is 12.4 Å². The van der Waals surface area contributed by atoms with Crippen LogP contribution in [0.4, 0.5) is 26.3 Å². The van der Waals surface area contributed by atoms with Gasteiger partial charge in [0.15, 0.2) is 0 Å². The molecule has 1 aliphatic heterocycles. The summed E-state index contributed by atoms with van der Waals surface area (Å²) in [6.07, 6.45) is -9.07. The second-order valence-electron chi connectivity index (χ2n) is 7.55. The Morgan fingerprint density at radius 3 is 1.82 bits per heavy atom. The normalized spacial score (nSPS) is 14.9. The molecule has 1 heterocycles. The van der Waals surface area contributed by atoms with Crippen LogP contribution in [0.15, 0.2) is 48.5 Å². The molecule has 1 fully saturated rings. The Morgan fingerprint density at radius 1 is 0.794 bits per heavy atom. The van der Waals surface area contributed by atoms with E-state index in [4.69, 9.17) is 0 Å². The zero-order valence-corrected chi connectivity index (χ0v) is 18.6. The van der Waals surface area contributed by atoms with E-state index in [1.54, 1.807) is 0 Å². The maximum atomic E-state index is 12.9. The molecule has 3 rings (SSSR count). The molecule has 0 unspecified atom stereocenters. The van der Waals surface area contributed by atoms with Gasteiger partial charge in [0, 0.05) is 50.4 Å². The van der Waals surface area contributed by atoms with Gasteiger partial charge in [0.1, 0.15) is 0 Å². The maximum absolute atomic E-state index is 12.9. The molecule has 0 saturated carbocycles. The first-order chi connectivity index (χ1) is 15.4. The summed E-state index contributed by atoms with van der Waals surface area (Å²) in [5.74, 6) is -1.11. The lowest BCUT2D eigenvalue weighted by Crippen LogP contribution is -2.50. The van der Waals surface area contributed by atoms with Gasteiger partial charge in [-0.05, 0) is 36.4 Å². The molecule has 2 amide bonds. The number of benzene rings is 2. The van der Waals surface area contributed by atoms with Crippen molar-refractivity contribution >= 4 is 24.2 Å². The van der Waals surface area contributed by atoms with E-state index in [1.807, 2.05) is 4.90 Å². The Balaban J connectivity index is 0.00000408. The third kappa shape index (κ3) is 7.10. The molecule has 1 aliphatic rings. The molecule has 0 aliphatic carbocycles. The summed E-state index contributed by atoms with van der Waals surface area (Å²) < 4.78 is 76.9. The number of hydrogen-bond acceptors (Lipinski definition) is 3. The van der Waals surface area contributed by atoms with Crippen LogP contribution in [-0.4, -0.2) is 60.9 Å². The highest BCUT2D eigenvalue weighted by Gasteiger charge is 2.32. The summed E-state index contributed by atoms with van der Waals surface area (Å²) in [6, 6.07) is 8.40. The van der Waals surface area contributed by atoms with Crippen molar-refractivity contribution in [3.05, 3.63) is 70.8 Å². The smallest absolute Gasteiger partial charge is 0.351 e. The number of halogens is 7. The van der Waals surface area contributed by atoms with Crippen LogP contribution in [0, 0.1) is 0 Å². The number of amides is 2. The molecule has 1 N–H and O–H groups in total. The van der Waals surface area contributed by atoms with E-state index in [0.29, 0.717) is 32.7 Å². The van der Waals surface area contributed by atoms with Crippen LogP contribution in [0.5, 0.6) is 0 Å². The predicted octanol–water partition coefficient (Wildman–Crippen LogP) is 4.33. The summed E-state index contributed by atoms with van der Waals surface area (Å²) >= 11 is 0. The van der Waals surface area contributed by atoms with Crippen LogP contribution < -0.4 is 5.32 Å². The second kappa shape index (κ2) is 11.1. The van der Waals surface area contributed by atoms with E-state index >= 15 is 0 Å². The van der Waals surface area contributed by atoms with Gasteiger partial charge in [0.2, 0.25) is 0 Å². The largest absolute Gasteiger partial charge is 0.416 e. The fraction of sp³-hybridized carbons (Fsp3) is 0.364. The molecule has 0 radical (unpaired) electrons. The standard InChI is InChI=1S/C22H21F6N3O2.ClH/c23-21(24,25)17-5-1-3-15(13-17)19(32)29-7-8-30-9-11-31(12-10-30)20(33)16-4-2-6-18(14-16)22(26,27)28;/h1-6,13-14H,7-12H2,(H,29,32);1H. The average molecular weight is 510 g/mol.